The predicted molar refractivity (Wildman–Crippen MR) is 82.5 cm³/mol. The Kier molecular flexibility index (Phi) is 4.75. The molecule has 1 atom stereocenters. The third-order valence-corrected chi connectivity index (χ3v) is 4.62. The maximum absolute atomic E-state index is 12.8. The normalized spacial score (nSPS) is 23.7. The van der Waals surface area contributed by atoms with Crippen LogP contribution in [0, 0.1) is 5.82 Å². The van der Waals surface area contributed by atoms with Gasteiger partial charge in [0.25, 0.3) is 0 Å². The second-order valence-electron chi connectivity index (χ2n) is 6.47. The van der Waals surface area contributed by atoms with Crippen LogP contribution in [0.25, 0.3) is 0 Å². The molecule has 0 saturated carbocycles. The highest BCUT2D eigenvalue weighted by Gasteiger charge is 2.38. The quantitative estimate of drug-likeness (QED) is 0.840. The first-order chi connectivity index (χ1) is 11.0. The lowest BCUT2D eigenvalue weighted by atomic mass is 10.0. The maximum Gasteiger partial charge on any atom is 0.316 e. The van der Waals surface area contributed by atoms with E-state index in [4.69, 9.17) is 4.74 Å². The van der Waals surface area contributed by atoms with Crippen molar-refractivity contribution in [1.29, 1.82) is 0 Å². The minimum absolute atomic E-state index is 0.0143. The number of ether oxygens (including phenoxy) is 1. The summed E-state index contributed by atoms with van der Waals surface area (Å²) >= 11 is 0. The first kappa shape index (κ1) is 16.1. The van der Waals surface area contributed by atoms with Crippen LogP contribution >= 0.6 is 0 Å². The first-order valence-electron chi connectivity index (χ1n) is 8.23. The number of nitrogens with zero attached hydrogens (tertiary/aromatic N) is 4. The molecule has 6 nitrogen and oxygen atoms in total. The zero-order valence-corrected chi connectivity index (χ0v) is 13.6. The van der Waals surface area contributed by atoms with Gasteiger partial charge in [-0.1, -0.05) is 0 Å². The molecule has 0 N–H and O–H groups in total. The molecule has 7 heteroatoms. The number of hydrogen-bond donors (Lipinski definition) is 0. The first-order valence-corrected chi connectivity index (χ1v) is 8.23. The molecule has 0 aromatic carbocycles. The summed E-state index contributed by atoms with van der Waals surface area (Å²) < 4.78 is 18.5. The van der Waals surface area contributed by atoms with Gasteiger partial charge >= 0.3 is 6.01 Å². The van der Waals surface area contributed by atoms with E-state index in [0.29, 0.717) is 0 Å². The van der Waals surface area contributed by atoms with Crippen LogP contribution < -0.4 is 4.74 Å². The molecule has 2 saturated heterocycles. The van der Waals surface area contributed by atoms with E-state index in [-0.39, 0.29) is 30.1 Å². The van der Waals surface area contributed by atoms with Gasteiger partial charge in [0.05, 0.1) is 18.4 Å². The van der Waals surface area contributed by atoms with Crippen molar-refractivity contribution in [2.75, 3.05) is 19.6 Å². The van der Waals surface area contributed by atoms with Crippen LogP contribution in [0.15, 0.2) is 12.4 Å². The molecule has 3 heterocycles. The van der Waals surface area contributed by atoms with Gasteiger partial charge < -0.3 is 9.64 Å². The van der Waals surface area contributed by atoms with Crippen LogP contribution in [-0.2, 0) is 4.79 Å². The molecular formula is C16H23FN4O2. The lowest BCUT2D eigenvalue weighted by Crippen LogP contribution is -2.48. The highest BCUT2D eigenvalue weighted by molar-refractivity contribution is 5.84. The van der Waals surface area contributed by atoms with E-state index in [1.807, 2.05) is 4.90 Å². The largest absolute Gasteiger partial charge is 0.460 e. The molecule has 1 unspecified atom stereocenters. The van der Waals surface area contributed by atoms with Gasteiger partial charge in [-0.3, -0.25) is 9.69 Å². The monoisotopic (exact) mass is 322 g/mol. The van der Waals surface area contributed by atoms with E-state index in [1.165, 1.54) is 0 Å². The summed E-state index contributed by atoms with van der Waals surface area (Å²) in [6.07, 6.45) is 4.79. The van der Waals surface area contributed by atoms with Crippen molar-refractivity contribution in [3.8, 4) is 6.01 Å². The van der Waals surface area contributed by atoms with Crippen molar-refractivity contribution in [2.45, 2.75) is 51.3 Å². The lowest BCUT2D eigenvalue weighted by Gasteiger charge is -2.35. The average molecular weight is 322 g/mol. The molecule has 0 spiro atoms. The van der Waals surface area contributed by atoms with Crippen LogP contribution in [0.5, 0.6) is 6.01 Å². The van der Waals surface area contributed by atoms with Gasteiger partial charge in [-0.2, -0.15) is 0 Å². The molecule has 3 rings (SSSR count). The Hall–Kier alpha value is -1.76. The third kappa shape index (κ3) is 3.60. The second kappa shape index (κ2) is 6.78. The molecule has 1 amide bonds. The van der Waals surface area contributed by atoms with Gasteiger partial charge in [-0.05, 0) is 33.1 Å². The summed E-state index contributed by atoms with van der Waals surface area (Å²) in [6.45, 7) is 6.62. The van der Waals surface area contributed by atoms with Crippen LogP contribution in [0.2, 0.25) is 0 Å². The van der Waals surface area contributed by atoms with E-state index < -0.39 is 5.82 Å². The molecule has 1 aromatic heterocycles. The molecule has 126 valence electrons. The van der Waals surface area contributed by atoms with E-state index in [2.05, 4.69) is 28.7 Å². The fourth-order valence-corrected chi connectivity index (χ4v) is 3.35. The van der Waals surface area contributed by atoms with Gasteiger partial charge in [0.1, 0.15) is 6.10 Å². The number of carbonyl (C=O) groups is 1. The number of piperidine rings is 1. The Morgan fingerprint density at radius 1 is 1.17 bits per heavy atom. The van der Waals surface area contributed by atoms with Crippen LogP contribution in [0.1, 0.15) is 33.1 Å². The lowest BCUT2D eigenvalue weighted by molar-refractivity contribution is -0.134. The van der Waals surface area contributed by atoms with Crippen molar-refractivity contribution in [3.05, 3.63) is 18.2 Å². The summed E-state index contributed by atoms with van der Waals surface area (Å²) in [4.78, 5) is 24.3. The minimum Gasteiger partial charge on any atom is -0.460 e. The topological polar surface area (TPSA) is 58.6 Å². The highest BCUT2D eigenvalue weighted by atomic mass is 19.1. The zero-order valence-electron chi connectivity index (χ0n) is 13.6. The highest BCUT2D eigenvalue weighted by Crippen LogP contribution is 2.24. The molecule has 0 aliphatic carbocycles. The number of aromatic nitrogens is 2. The van der Waals surface area contributed by atoms with Crippen LogP contribution in [-0.4, -0.2) is 63.5 Å². The van der Waals surface area contributed by atoms with Crippen molar-refractivity contribution in [3.63, 3.8) is 0 Å². The molecule has 23 heavy (non-hydrogen) atoms. The summed E-state index contributed by atoms with van der Waals surface area (Å²) in [7, 11) is 0. The molecule has 1 aromatic rings. The molecule has 2 aliphatic heterocycles. The number of amides is 1. The number of likely N-dealkylation sites (tertiary alicyclic amines) is 2. The summed E-state index contributed by atoms with van der Waals surface area (Å²) in [5.41, 5.74) is 0. The van der Waals surface area contributed by atoms with E-state index >= 15 is 0 Å². The Bertz CT molecular complexity index is 544. The Labute approximate surface area is 135 Å². The Morgan fingerprint density at radius 3 is 2.39 bits per heavy atom. The van der Waals surface area contributed by atoms with Crippen LogP contribution in [0.4, 0.5) is 4.39 Å². The minimum atomic E-state index is -0.471. The molecule has 0 radical (unpaired) electrons. The van der Waals surface area contributed by atoms with Gasteiger partial charge in [0.15, 0.2) is 5.82 Å². The molecule has 2 aliphatic rings. The second-order valence-corrected chi connectivity index (χ2v) is 6.47. The fourth-order valence-electron chi connectivity index (χ4n) is 3.35. The summed E-state index contributed by atoms with van der Waals surface area (Å²) in [5, 5.41) is 0. The Morgan fingerprint density at radius 2 is 1.83 bits per heavy atom. The van der Waals surface area contributed by atoms with Crippen molar-refractivity contribution in [1.82, 2.24) is 19.8 Å². The van der Waals surface area contributed by atoms with Gasteiger partial charge in [-0.25, -0.2) is 14.4 Å². The van der Waals surface area contributed by atoms with Crippen molar-refractivity contribution >= 4 is 5.91 Å². The van der Waals surface area contributed by atoms with Gasteiger partial charge in [0.2, 0.25) is 5.91 Å². The van der Waals surface area contributed by atoms with Gasteiger partial charge in [-0.15, -0.1) is 0 Å². The maximum atomic E-state index is 12.8. The standard InChI is InChI=1S/C16H23FN4O2/c1-11(2)21-8-5-14(15(21)22)20-6-3-13(4-7-20)23-16-18-9-12(17)10-19-16/h9-11,13-14H,3-8H2,1-2H3. The van der Waals surface area contributed by atoms with Crippen LogP contribution in [0.3, 0.4) is 0 Å². The smallest absolute Gasteiger partial charge is 0.316 e. The van der Waals surface area contributed by atoms with Gasteiger partial charge in [0, 0.05) is 25.7 Å². The third-order valence-electron chi connectivity index (χ3n) is 4.62. The molecule has 2 fully saturated rings. The van der Waals surface area contributed by atoms with Crippen molar-refractivity contribution in [2.24, 2.45) is 0 Å². The van der Waals surface area contributed by atoms with E-state index in [1.54, 1.807) is 0 Å². The van der Waals surface area contributed by atoms with E-state index in [9.17, 15) is 9.18 Å². The number of rotatable bonds is 4. The fraction of sp³-hybridized carbons (Fsp3) is 0.688. The van der Waals surface area contributed by atoms with E-state index in [0.717, 1.165) is 51.3 Å². The zero-order chi connectivity index (χ0) is 16.4. The molecule has 0 bridgehead atoms. The number of carbonyl (C=O) groups excluding carboxylic acids is 1. The SMILES string of the molecule is CC(C)N1CCC(N2CCC(Oc3ncc(F)cn3)CC2)C1=O. The predicted octanol–water partition coefficient (Wildman–Crippen LogP) is 1.47. The number of hydrogen-bond acceptors (Lipinski definition) is 5. The van der Waals surface area contributed by atoms with Crippen molar-refractivity contribution < 1.29 is 13.9 Å². The molecular weight excluding hydrogens is 299 g/mol. The summed E-state index contributed by atoms with van der Waals surface area (Å²) in [6, 6.07) is 0.497. The Balaban J connectivity index is 1.51. The average Bonchev–Trinajstić information content (AvgIpc) is 2.92. The summed E-state index contributed by atoms with van der Waals surface area (Å²) in [5.74, 6) is -0.220. The number of halogens is 1.